The molecule has 1 unspecified atom stereocenters. The minimum absolute atomic E-state index is 0.0463. The van der Waals surface area contributed by atoms with E-state index in [1.54, 1.807) is 24.5 Å². The lowest BCUT2D eigenvalue weighted by atomic mass is 9.87. The summed E-state index contributed by atoms with van der Waals surface area (Å²) in [5.74, 6) is 0.160. The van der Waals surface area contributed by atoms with Gasteiger partial charge in [0.1, 0.15) is 6.07 Å². The molecular weight excluding hydrogens is 414 g/mol. The summed E-state index contributed by atoms with van der Waals surface area (Å²) in [5, 5.41) is 11.0. The molecule has 1 atom stereocenters. The van der Waals surface area contributed by atoms with E-state index in [4.69, 9.17) is 9.57 Å². The van der Waals surface area contributed by atoms with Crippen molar-refractivity contribution in [3.8, 4) is 6.07 Å². The number of ketones is 1. The lowest BCUT2D eigenvalue weighted by Gasteiger charge is -2.23. The van der Waals surface area contributed by atoms with Crippen LogP contribution in [0.2, 0.25) is 0 Å². The van der Waals surface area contributed by atoms with Crippen molar-refractivity contribution in [3.63, 3.8) is 0 Å². The largest absolute Gasteiger partial charge is 0.448 e. The first-order chi connectivity index (χ1) is 15.1. The van der Waals surface area contributed by atoms with Crippen LogP contribution in [0.5, 0.6) is 0 Å². The van der Waals surface area contributed by atoms with Crippen molar-refractivity contribution >= 4 is 29.3 Å². The second kappa shape index (κ2) is 9.86. The van der Waals surface area contributed by atoms with Gasteiger partial charge in [-0.05, 0) is 60.9 Å². The van der Waals surface area contributed by atoms with Crippen molar-refractivity contribution in [1.29, 1.82) is 5.26 Å². The number of hydrogen-bond donors (Lipinski definition) is 0. The molecule has 8 heteroatoms. The van der Waals surface area contributed by atoms with Gasteiger partial charge < -0.3 is 4.74 Å². The molecular formula is C23H23N3O4S. The van der Waals surface area contributed by atoms with Crippen molar-refractivity contribution in [2.75, 3.05) is 19.8 Å². The Morgan fingerprint density at radius 2 is 2.35 bits per heavy atom. The molecule has 1 aliphatic heterocycles. The Labute approximate surface area is 184 Å². The van der Waals surface area contributed by atoms with Crippen molar-refractivity contribution < 1.29 is 19.2 Å². The van der Waals surface area contributed by atoms with Crippen LogP contribution in [0.3, 0.4) is 0 Å². The second-order valence-electron chi connectivity index (χ2n) is 7.65. The Kier molecular flexibility index (Phi) is 6.75. The Bertz CT molecular complexity index is 1020. The SMILES string of the molecule is N#Cc1c(CC(=O)/C=C/c2cccnc2)sc2c1CCC(COC(=O)N1CCCO1)C2. The maximum Gasteiger partial charge on any atom is 0.433 e. The topological polar surface area (TPSA) is 92.5 Å². The zero-order valence-corrected chi connectivity index (χ0v) is 17.9. The number of carbonyl (C=O) groups excluding carboxylic acids is 2. The predicted molar refractivity (Wildman–Crippen MR) is 115 cm³/mol. The third kappa shape index (κ3) is 5.19. The number of pyridine rings is 1. The number of fused-ring (bicyclic) bond motifs is 1. The minimum Gasteiger partial charge on any atom is -0.448 e. The number of carbonyl (C=O) groups is 2. The van der Waals surface area contributed by atoms with Gasteiger partial charge in [0, 0.05) is 28.6 Å². The highest BCUT2D eigenvalue weighted by molar-refractivity contribution is 7.12. The van der Waals surface area contributed by atoms with Gasteiger partial charge in [0.25, 0.3) is 0 Å². The molecule has 7 nitrogen and oxygen atoms in total. The van der Waals surface area contributed by atoms with Crippen LogP contribution in [-0.2, 0) is 33.6 Å². The maximum absolute atomic E-state index is 12.5. The number of nitriles is 1. The van der Waals surface area contributed by atoms with E-state index in [1.807, 2.05) is 12.1 Å². The van der Waals surface area contributed by atoms with Crippen LogP contribution in [0.15, 0.2) is 30.6 Å². The first kappa shape index (κ1) is 21.2. The predicted octanol–water partition coefficient (Wildman–Crippen LogP) is 3.72. The van der Waals surface area contributed by atoms with Crippen LogP contribution in [0.4, 0.5) is 4.79 Å². The van der Waals surface area contributed by atoms with Crippen molar-refractivity contribution in [2.24, 2.45) is 5.92 Å². The van der Waals surface area contributed by atoms with E-state index in [9.17, 15) is 14.9 Å². The lowest BCUT2D eigenvalue weighted by molar-refractivity contribution is -0.113. The monoisotopic (exact) mass is 437 g/mol. The number of allylic oxidation sites excluding steroid dienone is 1. The van der Waals surface area contributed by atoms with Crippen molar-refractivity contribution in [3.05, 3.63) is 57.0 Å². The fourth-order valence-electron chi connectivity index (χ4n) is 3.84. The number of hydrogen-bond acceptors (Lipinski definition) is 7. The summed E-state index contributed by atoms with van der Waals surface area (Å²) < 4.78 is 5.42. The quantitative estimate of drug-likeness (QED) is 0.640. The third-order valence-electron chi connectivity index (χ3n) is 5.43. The van der Waals surface area contributed by atoms with Gasteiger partial charge in [0.2, 0.25) is 0 Å². The molecule has 3 heterocycles. The standard InChI is InChI=1S/C23H23N3O4S/c24-13-20-19-7-5-17(15-29-23(28)26-9-2-10-30-26)11-21(19)31-22(20)12-18(27)6-4-16-3-1-8-25-14-16/h1,3-4,6,8,14,17H,2,5,7,9-12,15H2/b6-4+. The second-order valence-corrected chi connectivity index (χ2v) is 8.84. The van der Waals surface area contributed by atoms with E-state index in [1.165, 1.54) is 16.4 Å². The van der Waals surface area contributed by atoms with Gasteiger partial charge in [-0.15, -0.1) is 11.3 Å². The fourth-order valence-corrected chi connectivity index (χ4v) is 5.27. The van der Waals surface area contributed by atoms with Crippen molar-refractivity contribution in [2.45, 2.75) is 32.1 Å². The number of nitrogens with zero attached hydrogens (tertiary/aromatic N) is 3. The number of hydroxylamine groups is 2. The molecule has 2 aromatic rings. The van der Waals surface area contributed by atoms with Crippen LogP contribution in [0, 0.1) is 17.2 Å². The smallest absolute Gasteiger partial charge is 0.433 e. The fraction of sp³-hybridized carbons (Fsp3) is 0.391. The molecule has 0 spiro atoms. The van der Waals surface area contributed by atoms with Crippen LogP contribution >= 0.6 is 11.3 Å². The summed E-state index contributed by atoms with van der Waals surface area (Å²) in [7, 11) is 0. The molecule has 0 bridgehead atoms. The number of aromatic nitrogens is 1. The Morgan fingerprint density at radius 1 is 1.45 bits per heavy atom. The van der Waals surface area contributed by atoms with E-state index < -0.39 is 6.09 Å². The molecule has 0 N–H and O–H groups in total. The average molecular weight is 438 g/mol. The van der Waals surface area contributed by atoms with E-state index in [0.717, 1.165) is 46.6 Å². The Balaban J connectivity index is 1.37. The first-order valence-corrected chi connectivity index (χ1v) is 11.2. The summed E-state index contributed by atoms with van der Waals surface area (Å²) in [6.07, 6.45) is 9.62. The zero-order valence-electron chi connectivity index (χ0n) is 17.1. The Morgan fingerprint density at radius 3 is 3.10 bits per heavy atom. The molecule has 0 aromatic carbocycles. The van der Waals surface area contributed by atoms with E-state index in [0.29, 0.717) is 25.3 Å². The minimum atomic E-state index is -0.432. The molecule has 4 rings (SSSR count). The van der Waals surface area contributed by atoms with Crippen LogP contribution in [0.25, 0.3) is 6.08 Å². The van der Waals surface area contributed by atoms with Crippen LogP contribution < -0.4 is 0 Å². The normalized spacial score (nSPS) is 18.0. The summed E-state index contributed by atoms with van der Waals surface area (Å²) in [4.78, 5) is 35.6. The van der Waals surface area contributed by atoms with Gasteiger partial charge in [0.15, 0.2) is 5.78 Å². The van der Waals surface area contributed by atoms with Crippen molar-refractivity contribution in [1.82, 2.24) is 10.0 Å². The summed E-state index contributed by atoms with van der Waals surface area (Å²) in [6.45, 7) is 1.45. The number of rotatable bonds is 6. The first-order valence-electron chi connectivity index (χ1n) is 10.4. The van der Waals surface area contributed by atoms with Gasteiger partial charge in [0.05, 0.1) is 25.3 Å². The molecule has 1 amide bonds. The van der Waals surface area contributed by atoms with Crippen LogP contribution in [0.1, 0.15) is 39.3 Å². The molecule has 0 radical (unpaired) electrons. The Hall–Kier alpha value is -3.02. The highest BCUT2D eigenvalue weighted by Gasteiger charge is 2.28. The number of thiophene rings is 1. The number of amides is 1. The molecule has 0 saturated carbocycles. The summed E-state index contributed by atoms with van der Waals surface area (Å²) in [6, 6.07) is 6.00. The highest BCUT2D eigenvalue weighted by atomic mass is 32.1. The zero-order chi connectivity index (χ0) is 21.6. The molecule has 31 heavy (non-hydrogen) atoms. The lowest BCUT2D eigenvalue weighted by Crippen LogP contribution is -2.30. The maximum atomic E-state index is 12.5. The van der Waals surface area contributed by atoms with Gasteiger partial charge in [-0.25, -0.2) is 4.79 Å². The molecule has 2 aromatic heterocycles. The summed E-state index contributed by atoms with van der Waals surface area (Å²) in [5.41, 5.74) is 2.56. The molecule has 1 saturated heterocycles. The number of ether oxygens (including phenoxy) is 1. The highest BCUT2D eigenvalue weighted by Crippen LogP contribution is 2.36. The van der Waals surface area contributed by atoms with Gasteiger partial charge in [-0.3, -0.25) is 14.6 Å². The van der Waals surface area contributed by atoms with Gasteiger partial charge >= 0.3 is 6.09 Å². The van der Waals surface area contributed by atoms with Gasteiger partial charge in [-0.1, -0.05) is 6.07 Å². The molecule has 160 valence electrons. The van der Waals surface area contributed by atoms with E-state index in [-0.39, 0.29) is 18.1 Å². The molecule has 1 fully saturated rings. The van der Waals surface area contributed by atoms with E-state index >= 15 is 0 Å². The third-order valence-corrected chi connectivity index (χ3v) is 6.69. The molecule has 1 aliphatic carbocycles. The van der Waals surface area contributed by atoms with Gasteiger partial charge in [-0.2, -0.15) is 10.3 Å². The average Bonchev–Trinajstić information content (AvgIpc) is 3.44. The summed E-state index contributed by atoms with van der Waals surface area (Å²) >= 11 is 1.53. The van der Waals surface area contributed by atoms with Crippen LogP contribution in [-0.4, -0.2) is 41.7 Å². The van der Waals surface area contributed by atoms with E-state index in [2.05, 4.69) is 11.1 Å². The molecule has 2 aliphatic rings.